The molecule has 0 bridgehead atoms. The minimum absolute atomic E-state index is 0.0459. The van der Waals surface area contributed by atoms with Gasteiger partial charge in [-0.05, 0) is 12.1 Å². The lowest BCUT2D eigenvalue weighted by Gasteiger charge is -2.26. The Hall–Kier alpha value is -1.66. The number of benzene rings is 1. The number of thioether (sulfide) groups is 1. The number of hydrogen-bond acceptors (Lipinski definition) is 5. The van der Waals surface area contributed by atoms with E-state index in [4.69, 9.17) is 4.74 Å². The predicted octanol–water partition coefficient (Wildman–Crippen LogP) is 1.62. The van der Waals surface area contributed by atoms with Gasteiger partial charge < -0.3 is 9.64 Å². The molecule has 1 amide bonds. The Bertz CT molecular complexity index is 535. The molecule has 6 heteroatoms. The van der Waals surface area contributed by atoms with E-state index in [2.05, 4.69) is 0 Å². The summed E-state index contributed by atoms with van der Waals surface area (Å²) in [7, 11) is 0. The molecule has 0 radical (unpaired) electrons. The normalized spacial score (nSPS) is 14.8. The van der Waals surface area contributed by atoms with Gasteiger partial charge in [0.15, 0.2) is 10.9 Å². The molecule has 0 atom stereocenters. The summed E-state index contributed by atoms with van der Waals surface area (Å²) in [5.41, 5.74) is 1.08. The third-order valence-corrected chi connectivity index (χ3v) is 3.97. The van der Waals surface area contributed by atoms with Crippen molar-refractivity contribution in [1.82, 2.24) is 4.90 Å². The third-order valence-electron chi connectivity index (χ3n) is 3.16. The largest absolute Gasteiger partial charge is 0.378 e. The van der Waals surface area contributed by atoms with Crippen molar-refractivity contribution in [3.05, 3.63) is 35.4 Å². The average molecular weight is 307 g/mol. The molecule has 0 spiro atoms. The second kappa shape index (κ2) is 7.38. The van der Waals surface area contributed by atoms with Gasteiger partial charge in [-0.2, -0.15) is 0 Å². The quantitative estimate of drug-likeness (QED) is 0.791. The van der Waals surface area contributed by atoms with Crippen LogP contribution in [0.4, 0.5) is 0 Å². The number of ether oxygens (including phenoxy) is 1. The SMILES string of the molecule is CC(=O)SCC(=O)c1ccc(C(=O)N2CCOCC2)cc1. The van der Waals surface area contributed by atoms with Crippen LogP contribution in [0, 0.1) is 0 Å². The van der Waals surface area contributed by atoms with Gasteiger partial charge in [0.2, 0.25) is 0 Å². The number of ketones is 1. The molecule has 0 N–H and O–H groups in total. The number of morpholine rings is 1. The Morgan fingerprint density at radius 2 is 1.67 bits per heavy atom. The molecule has 1 aliphatic heterocycles. The van der Waals surface area contributed by atoms with Crippen molar-refractivity contribution in [1.29, 1.82) is 0 Å². The van der Waals surface area contributed by atoms with Crippen LogP contribution < -0.4 is 0 Å². The lowest BCUT2D eigenvalue weighted by atomic mass is 10.1. The fourth-order valence-electron chi connectivity index (χ4n) is 2.00. The van der Waals surface area contributed by atoms with E-state index in [9.17, 15) is 14.4 Å². The Balaban J connectivity index is 1.99. The molecule has 2 rings (SSSR count). The van der Waals surface area contributed by atoms with Crippen LogP contribution >= 0.6 is 11.8 Å². The average Bonchev–Trinajstić information content (AvgIpc) is 2.53. The first kappa shape index (κ1) is 15.7. The van der Waals surface area contributed by atoms with E-state index in [-0.39, 0.29) is 22.6 Å². The molecule has 0 aromatic heterocycles. The number of Topliss-reactive ketones (excluding diaryl/α,β-unsaturated/α-hetero) is 1. The fraction of sp³-hybridized carbons (Fsp3) is 0.400. The summed E-state index contributed by atoms with van der Waals surface area (Å²) in [6.07, 6.45) is 0. The maximum atomic E-state index is 12.2. The molecular formula is C15H17NO4S. The van der Waals surface area contributed by atoms with Crippen LogP contribution in [0.3, 0.4) is 0 Å². The summed E-state index contributed by atoms with van der Waals surface area (Å²) >= 11 is 0.990. The minimum Gasteiger partial charge on any atom is -0.378 e. The van der Waals surface area contributed by atoms with Gasteiger partial charge in [0.1, 0.15) is 0 Å². The lowest BCUT2D eigenvalue weighted by molar-refractivity contribution is -0.109. The highest BCUT2D eigenvalue weighted by Crippen LogP contribution is 2.12. The maximum absolute atomic E-state index is 12.2. The third kappa shape index (κ3) is 4.41. The number of hydrogen-bond donors (Lipinski definition) is 0. The molecule has 1 fully saturated rings. The Kier molecular flexibility index (Phi) is 5.52. The van der Waals surface area contributed by atoms with Crippen molar-refractivity contribution < 1.29 is 19.1 Å². The van der Waals surface area contributed by atoms with Gasteiger partial charge in [-0.25, -0.2) is 0 Å². The van der Waals surface area contributed by atoms with Gasteiger partial charge in [0.05, 0.1) is 19.0 Å². The van der Waals surface area contributed by atoms with Crippen molar-refractivity contribution in [2.75, 3.05) is 32.1 Å². The first-order valence-corrected chi connectivity index (χ1v) is 7.70. The zero-order valence-corrected chi connectivity index (χ0v) is 12.6. The van der Waals surface area contributed by atoms with Crippen LogP contribution in [0.1, 0.15) is 27.6 Å². The molecule has 1 aromatic rings. The van der Waals surface area contributed by atoms with Crippen molar-refractivity contribution >= 4 is 28.6 Å². The topological polar surface area (TPSA) is 63.7 Å². The maximum Gasteiger partial charge on any atom is 0.254 e. The van der Waals surface area contributed by atoms with Gasteiger partial charge in [-0.1, -0.05) is 23.9 Å². The summed E-state index contributed by atoms with van der Waals surface area (Å²) in [4.78, 5) is 36.7. The van der Waals surface area contributed by atoms with E-state index in [1.165, 1.54) is 6.92 Å². The van der Waals surface area contributed by atoms with Gasteiger partial charge in [0, 0.05) is 31.1 Å². The van der Waals surface area contributed by atoms with Crippen LogP contribution in [-0.2, 0) is 9.53 Å². The number of carbonyl (C=O) groups excluding carboxylic acids is 3. The predicted molar refractivity (Wildman–Crippen MR) is 80.6 cm³/mol. The van der Waals surface area contributed by atoms with Gasteiger partial charge in [-0.3, -0.25) is 14.4 Å². The van der Waals surface area contributed by atoms with Gasteiger partial charge in [0.25, 0.3) is 5.91 Å². The van der Waals surface area contributed by atoms with Crippen molar-refractivity contribution in [2.45, 2.75) is 6.92 Å². The van der Waals surface area contributed by atoms with E-state index in [1.807, 2.05) is 0 Å². The van der Waals surface area contributed by atoms with E-state index < -0.39 is 0 Å². The molecule has 21 heavy (non-hydrogen) atoms. The van der Waals surface area contributed by atoms with Gasteiger partial charge >= 0.3 is 0 Å². The van der Waals surface area contributed by atoms with Crippen LogP contribution in [0.15, 0.2) is 24.3 Å². The summed E-state index contributed by atoms with van der Waals surface area (Å²) < 4.78 is 5.21. The summed E-state index contributed by atoms with van der Waals surface area (Å²) in [6.45, 7) is 3.74. The number of amides is 1. The molecule has 0 aliphatic carbocycles. The molecular weight excluding hydrogens is 290 g/mol. The van der Waals surface area contributed by atoms with Crippen molar-refractivity contribution in [3.8, 4) is 0 Å². The molecule has 1 saturated heterocycles. The molecule has 5 nitrogen and oxygen atoms in total. The Labute approximate surface area is 127 Å². The van der Waals surface area contributed by atoms with Crippen LogP contribution in [0.5, 0.6) is 0 Å². The van der Waals surface area contributed by atoms with E-state index >= 15 is 0 Å². The van der Waals surface area contributed by atoms with E-state index in [0.29, 0.717) is 37.4 Å². The Morgan fingerprint density at radius 3 is 2.24 bits per heavy atom. The summed E-state index contributed by atoms with van der Waals surface area (Å²) in [5, 5.41) is -0.0811. The smallest absolute Gasteiger partial charge is 0.254 e. The first-order valence-electron chi connectivity index (χ1n) is 6.71. The lowest BCUT2D eigenvalue weighted by Crippen LogP contribution is -2.40. The van der Waals surface area contributed by atoms with Crippen molar-refractivity contribution in [3.63, 3.8) is 0 Å². The molecule has 0 unspecified atom stereocenters. The highest BCUT2D eigenvalue weighted by atomic mass is 32.2. The molecule has 1 heterocycles. The second-order valence-electron chi connectivity index (χ2n) is 4.69. The molecule has 0 saturated carbocycles. The standard InChI is InChI=1S/C15H17NO4S/c1-11(17)21-10-14(18)12-2-4-13(5-3-12)15(19)16-6-8-20-9-7-16/h2-5H,6-10H2,1H3. The Morgan fingerprint density at radius 1 is 1.10 bits per heavy atom. The number of nitrogens with zero attached hydrogens (tertiary/aromatic N) is 1. The van der Waals surface area contributed by atoms with Crippen molar-refractivity contribution in [2.24, 2.45) is 0 Å². The highest BCUT2D eigenvalue weighted by Gasteiger charge is 2.18. The molecule has 112 valence electrons. The fourth-order valence-corrected chi connectivity index (χ4v) is 2.50. The number of rotatable bonds is 4. The van der Waals surface area contributed by atoms with Gasteiger partial charge in [-0.15, -0.1) is 0 Å². The van der Waals surface area contributed by atoms with Crippen LogP contribution in [0.2, 0.25) is 0 Å². The second-order valence-corrected chi connectivity index (χ2v) is 5.84. The molecule has 1 aromatic carbocycles. The van der Waals surface area contributed by atoms with E-state index in [0.717, 1.165) is 11.8 Å². The number of carbonyl (C=O) groups is 3. The summed E-state index contributed by atoms with van der Waals surface area (Å²) in [5.74, 6) is -0.0255. The molecule has 1 aliphatic rings. The zero-order valence-electron chi connectivity index (χ0n) is 11.8. The highest BCUT2D eigenvalue weighted by molar-refractivity contribution is 8.14. The first-order chi connectivity index (χ1) is 10.1. The minimum atomic E-state index is -0.111. The van der Waals surface area contributed by atoms with Crippen LogP contribution in [-0.4, -0.2) is 53.8 Å². The van der Waals surface area contributed by atoms with E-state index in [1.54, 1.807) is 29.2 Å². The van der Waals surface area contributed by atoms with Crippen LogP contribution in [0.25, 0.3) is 0 Å². The monoisotopic (exact) mass is 307 g/mol. The summed E-state index contributed by atoms with van der Waals surface area (Å²) in [6, 6.07) is 6.58. The zero-order chi connectivity index (χ0) is 15.2.